The van der Waals surface area contributed by atoms with E-state index in [1.165, 1.54) is 18.7 Å². The molecule has 2 unspecified atom stereocenters. The number of nitrogens with zero attached hydrogens (tertiary/aromatic N) is 1. The van der Waals surface area contributed by atoms with Crippen LogP contribution in [0.1, 0.15) is 33.3 Å². The van der Waals surface area contributed by atoms with E-state index in [9.17, 15) is 0 Å². The van der Waals surface area contributed by atoms with Crippen molar-refractivity contribution in [1.82, 2.24) is 10.2 Å². The lowest BCUT2D eigenvalue weighted by atomic mass is 10.0. The van der Waals surface area contributed by atoms with Crippen LogP contribution < -0.4 is 10.1 Å². The molecule has 1 aromatic rings. The Morgan fingerprint density at radius 2 is 1.86 bits per heavy atom. The summed E-state index contributed by atoms with van der Waals surface area (Å²) in [4.78, 5) is 2.52. The van der Waals surface area contributed by atoms with Crippen LogP contribution in [0.25, 0.3) is 0 Å². The molecule has 1 fully saturated rings. The largest absolute Gasteiger partial charge is 0.492 e. The number of rotatable bonds is 7. The molecule has 118 valence electrons. The Hall–Kier alpha value is -1.06. The van der Waals surface area contributed by atoms with Gasteiger partial charge in [-0.3, -0.25) is 4.90 Å². The van der Waals surface area contributed by atoms with E-state index in [2.05, 4.69) is 56.1 Å². The molecule has 1 N–H and O–H groups in total. The minimum Gasteiger partial charge on any atom is -0.492 e. The lowest BCUT2D eigenvalue weighted by Crippen LogP contribution is -2.27. The zero-order valence-electron chi connectivity index (χ0n) is 13.9. The average Bonchev–Trinajstić information content (AvgIpc) is 2.76. The monoisotopic (exact) mass is 290 g/mol. The van der Waals surface area contributed by atoms with Gasteiger partial charge in [-0.25, -0.2) is 0 Å². The maximum Gasteiger partial charge on any atom is 0.123 e. The van der Waals surface area contributed by atoms with Crippen molar-refractivity contribution in [3.63, 3.8) is 0 Å². The van der Waals surface area contributed by atoms with Gasteiger partial charge in [-0.1, -0.05) is 45.9 Å². The minimum atomic E-state index is 0.491. The van der Waals surface area contributed by atoms with Crippen LogP contribution in [-0.2, 0) is 6.54 Å². The van der Waals surface area contributed by atoms with E-state index in [1.807, 2.05) is 6.07 Å². The summed E-state index contributed by atoms with van der Waals surface area (Å²) in [5, 5.41) is 3.45. The molecular formula is C18H30N2O. The van der Waals surface area contributed by atoms with Crippen molar-refractivity contribution in [2.24, 2.45) is 11.8 Å². The second kappa shape index (κ2) is 7.81. The summed E-state index contributed by atoms with van der Waals surface area (Å²) >= 11 is 0. The molecule has 2 rings (SSSR count). The minimum absolute atomic E-state index is 0.491. The summed E-state index contributed by atoms with van der Waals surface area (Å²) < 4.78 is 6.02. The first-order valence-electron chi connectivity index (χ1n) is 8.22. The van der Waals surface area contributed by atoms with Crippen molar-refractivity contribution in [3.05, 3.63) is 29.8 Å². The van der Waals surface area contributed by atoms with E-state index in [0.717, 1.165) is 37.3 Å². The Morgan fingerprint density at radius 3 is 2.52 bits per heavy atom. The van der Waals surface area contributed by atoms with Gasteiger partial charge in [-0.05, 0) is 17.9 Å². The van der Waals surface area contributed by atoms with Gasteiger partial charge in [-0.2, -0.15) is 0 Å². The van der Waals surface area contributed by atoms with Crippen LogP contribution in [-0.4, -0.2) is 37.2 Å². The fourth-order valence-electron chi connectivity index (χ4n) is 2.82. The van der Waals surface area contributed by atoms with E-state index in [1.54, 1.807) is 0 Å². The standard InChI is InChI=1S/C18H30N2O/c1-14(2)19-11-17-7-5-6-8-18(17)21-10-9-20-12-15(3)16(4)13-20/h5-8,14-16,19H,9-13H2,1-4H3. The molecule has 1 aliphatic heterocycles. The van der Waals surface area contributed by atoms with Gasteiger partial charge in [-0.15, -0.1) is 0 Å². The maximum atomic E-state index is 6.02. The molecule has 2 atom stereocenters. The highest BCUT2D eigenvalue weighted by molar-refractivity contribution is 5.33. The Balaban J connectivity index is 1.80. The highest BCUT2D eigenvalue weighted by Crippen LogP contribution is 2.22. The predicted octanol–water partition coefficient (Wildman–Crippen LogP) is 3.15. The van der Waals surface area contributed by atoms with Crippen molar-refractivity contribution in [3.8, 4) is 5.75 Å². The quantitative estimate of drug-likeness (QED) is 0.835. The molecule has 3 nitrogen and oxygen atoms in total. The molecule has 0 saturated carbocycles. The van der Waals surface area contributed by atoms with Crippen molar-refractivity contribution < 1.29 is 4.74 Å². The van der Waals surface area contributed by atoms with Crippen LogP contribution >= 0.6 is 0 Å². The van der Waals surface area contributed by atoms with Gasteiger partial charge in [0.2, 0.25) is 0 Å². The van der Waals surface area contributed by atoms with Crippen molar-refractivity contribution >= 4 is 0 Å². The summed E-state index contributed by atoms with van der Waals surface area (Å²) in [5.74, 6) is 2.64. The number of likely N-dealkylation sites (tertiary alicyclic amines) is 1. The zero-order valence-corrected chi connectivity index (χ0v) is 13.9. The third-order valence-electron chi connectivity index (χ3n) is 4.40. The molecule has 3 heteroatoms. The SMILES string of the molecule is CC(C)NCc1ccccc1OCCN1CC(C)C(C)C1. The molecule has 1 aliphatic rings. The van der Waals surface area contributed by atoms with Crippen molar-refractivity contribution in [2.45, 2.75) is 40.3 Å². The highest BCUT2D eigenvalue weighted by atomic mass is 16.5. The van der Waals surface area contributed by atoms with Gasteiger partial charge in [0.25, 0.3) is 0 Å². The second-order valence-electron chi connectivity index (χ2n) is 6.71. The topological polar surface area (TPSA) is 24.5 Å². The second-order valence-corrected chi connectivity index (χ2v) is 6.71. The van der Waals surface area contributed by atoms with E-state index in [4.69, 9.17) is 4.74 Å². The van der Waals surface area contributed by atoms with Gasteiger partial charge >= 0.3 is 0 Å². The Morgan fingerprint density at radius 1 is 1.19 bits per heavy atom. The number of hydrogen-bond donors (Lipinski definition) is 1. The smallest absolute Gasteiger partial charge is 0.123 e. The fourth-order valence-corrected chi connectivity index (χ4v) is 2.82. The summed E-state index contributed by atoms with van der Waals surface area (Å²) in [6.07, 6.45) is 0. The van der Waals surface area contributed by atoms with Gasteiger partial charge in [0.05, 0.1) is 0 Å². The molecule has 0 aromatic heterocycles. The molecule has 0 radical (unpaired) electrons. The Labute approximate surface area is 129 Å². The van der Waals surface area contributed by atoms with E-state index in [-0.39, 0.29) is 0 Å². The first-order chi connectivity index (χ1) is 10.1. The molecule has 1 heterocycles. The normalized spacial score (nSPS) is 22.9. The van der Waals surface area contributed by atoms with Crippen LogP contribution in [0.2, 0.25) is 0 Å². The van der Waals surface area contributed by atoms with E-state index in [0.29, 0.717) is 6.04 Å². The van der Waals surface area contributed by atoms with Crippen LogP contribution in [0, 0.1) is 11.8 Å². The number of para-hydroxylation sites is 1. The van der Waals surface area contributed by atoms with Crippen LogP contribution in [0.5, 0.6) is 5.75 Å². The fraction of sp³-hybridized carbons (Fsp3) is 0.667. The number of nitrogens with one attached hydrogen (secondary N) is 1. The first-order valence-corrected chi connectivity index (χ1v) is 8.22. The van der Waals surface area contributed by atoms with Gasteiger partial charge in [0, 0.05) is 37.8 Å². The zero-order chi connectivity index (χ0) is 15.2. The average molecular weight is 290 g/mol. The summed E-state index contributed by atoms with van der Waals surface area (Å²) in [5.41, 5.74) is 1.24. The third-order valence-corrected chi connectivity index (χ3v) is 4.40. The summed E-state index contributed by atoms with van der Waals surface area (Å²) in [7, 11) is 0. The molecular weight excluding hydrogens is 260 g/mol. The van der Waals surface area contributed by atoms with Gasteiger partial charge in [0.1, 0.15) is 12.4 Å². The predicted molar refractivity (Wildman–Crippen MR) is 88.7 cm³/mol. The molecule has 0 spiro atoms. The number of ether oxygens (including phenoxy) is 1. The summed E-state index contributed by atoms with van der Waals surface area (Å²) in [6.45, 7) is 14.1. The number of benzene rings is 1. The number of hydrogen-bond acceptors (Lipinski definition) is 3. The third kappa shape index (κ3) is 5.01. The van der Waals surface area contributed by atoms with Crippen molar-refractivity contribution in [1.29, 1.82) is 0 Å². The molecule has 21 heavy (non-hydrogen) atoms. The van der Waals surface area contributed by atoms with Gasteiger partial charge in [0.15, 0.2) is 0 Å². The highest BCUT2D eigenvalue weighted by Gasteiger charge is 2.25. The van der Waals surface area contributed by atoms with Crippen LogP contribution in [0.15, 0.2) is 24.3 Å². The lowest BCUT2D eigenvalue weighted by Gasteiger charge is -2.17. The lowest BCUT2D eigenvalue weighted by molar-refractivity contribution is 0.230. The molecule has 0 bridgehead atoms. The first kappa shape index (κ1) is 16.3. The Kier molecular flexibility index (Phi) is 6.07. The van der Waals surface area contributed by atoms with Gasteiger partial charge < -0.3 is 10.1 Å². The molecule has 0 amide bonds. The van der Waals surface area contributed by atoms with Crippen LogP contribution in [0.3, 0.4) is 0 Å². The van der Waals surface area contributed by atoms with E-state index < -0.39 is 0 Å². The molecule has 1 aromatic carbocycles. The molecule has 0 aliphatic carbocycles. The van der Waals surface area contributed by atoms with Crippen molar-refractivity contribution in [2.75, 3.05) is 26.2 Å². The maximum absolute atomic E-state index is 6.02. The summed E-state index contributed by atoms with van der Waals surface area (Å²) in [6, 6.07) is 8.84. The van der Waals surface area contributed by atoms with E-state index >= 15 is 0 Å². The van der Waals surface area contributed by atoms with Crippen LogP contribution in [0.4, 0.5) is 0 Å². The molecule has 1 saturated heterocycles. The Bertz CT molecular complexity index is 423.